The lowest BCUT2D eigenvalue weighted by Crippen LogP contribution is -2.51. The number of likely N-dealkylation sites (N-methyl/N-ethyl adjacent to an activating group) is 1. The van der Waals surface area contributed by atoms with Crippen LogP contribution >= 0.6 is 0 Å². The van der Waals surface area contributed by atoms with Crippen molar-refractivity contribution in [2.75, 3.05) is 19.5 Å². The van der Waals surface area contributed by atoms with Gasteiger partial charge in [-0.25, -0.2) is 4.79 Å². The Morgan fingerprint density at radius 3 is 2.14 bits per heavy atom. The predicted molar refractivity (Wildman–Crippen MR) is 137 cm³/mol. The number of nitrogens with two attached hydrogens (primary N) is 1. The van der Waals surface area contributed by atoms with Crippen molar-refractivity contribution in [2.24, 2.45) is 5.73 Å². The van der Waals surface area contributed by atoms with Crippen molar-refractivity contribution in [1.82, 2.24) is 10.2 Å². The largest absolute Gasteiger partial charge is 0.508 e. The van der Waals surface area contributed by atoms with Gasteiger partial charge in [0.15, 0.2) is 0 Å². The molecular weight excluding hydrogens is 480 g/mol. The molecule has 0 spiro atoms. The summed E-state index contributed by atoms with van der Waals surface area (Å²) in [6.45, 7) is 5.01. The van der Waals surface area contributed by atoms with Gasteiger partial charge < -0.3 is 35.8 Å². The van der Waals surface area contributed by atoms with Gasteiger partial charge in [0.1, 0.15) is 29.2 Å². The van der Waals surface area contributed by atoms with Gasteiger partial charge in [0, 0.05) is 19.2 Å². The number of benzene rings is 2. The second kappa shape index (κ2) is 12.6. The normalized spacial score (nSPS) is 12.6. The lowest BCUT2D eigenvalue weighted by Gasteiger charge is -2.31. The number of hydrogen-bond acceptors (Lipinski definition) is 7. The van der Waals surface area contributed by atoms with Crippen molar-refractivity contribution in [3.8, 4) is 11.5 Å². The van der Waals surface area contributed by atoms with Gasteiger partial charge >= 0.3 is 6.09 Å². The molecule has 0 radical (unpaired) electrons. The van der Waals surface area contributed by atoms with Gasteiger partial charge in [0.25, 0.3) is 5.91 Å². The molecule has 0 fully saturated rings. The van der Waals surface area contributed by atoms with Crippen LogP contribution < -0.4 is 21.1 Å². The number of nitrogens with zero attached hydrogens (tertiary/aromatic N) is 1. The van der Waals surface area contributed by atoms with E-state index in [1.54, 1.807) is 45.0 Å². The Bertz CT molecular complexity index is 1100. The van der Waals surface area contributed by atoms with Crippen LogP contribution in [0.25, 0.3) is 0 Å². The van der Waals surface area contributed by atoms with E-state index in [0.29, 0.717) is 17.0 Å². The summed E-state index contributed by atoms with van der Waals surface area (Å²) in [5.41, 5.74) is 5.32. The van der Waals surface area contributed by atoms with Crippen LogP contribution in [0.1, 0.15) is 45.2 Å². The smallest absolute Gasteiger partial charge is 0.408 e. The number of phenolic OH excluding ortho intramolecular Hbond substituents is 1. The molecule has 0 aliphatic rings. The summed E-state index contributed by atoms with van der Waals surface area (Å²) in [6.07, 6.45) is -1.13. The first-order chi connectivity index (χ1) is 17.3. The number of rotatable bonds is 10. The molecule has 5 N–H and O–H groups in total. The maximum atomic E-state index is 13.5. The Balaban J connectivity index is 2.36. The zero-order valence-electron chi connectivity index (χ0n) is 21.6. The molecule has 11 heteroatoms. The Hall–Kier alpha value is -4.28. The number of phenols is 1. The molecule has 2 atom stereocenters. The minimum Gasteiger partial charge on any atom is -0.508 e. The summed E-state index contributed by atoms with van der Waals surface area (Å²) in [4.78, 5) is 51.9. The topological polar surface area (TPSA) is 160 Å². The molecule has 200 valence electrons. The van der Waals surface area contributed by atoms with Crippen LogP contribution in [0.5, 0.6) is 11.5 Å². The first-order valence-corrected chi connectivity index (χ1v) is 11.6. The molecule has 2 aromatic rings. The Morgan fingerprint density at radius 2 is 1.62 bits per heavy atom. The number of ether oxygens (including phenoxy) is 2. The number of carbonyl (C=O) groups excluding carboxylic acids is 4. The summed E-state index contributed by atoms with van der Waals surface area (Å²) < 4.78 is 10.4. The van der Waals surface area contributed by atoms with Crippen LogP contribution in [0.3, 0.4) is 0 Å². The fraction of sp³-hybridized carbons (Fsp3) is 0.385. The quantitative estimate of drug-likeness (QED) is 0.379. The third-order valence-electron chi connectivity index (χ3n) is 5.22. The van der Waals surface area contributed by atoms with Crippen LogP contribution in [-0.2, 0) is 19.1 Å². The molecule has 2 aromatic carbocycles. The molecule has 0 saturated carbocycles. The lowest BCUT2D eigenvalue weighted by molar-refractivity contribution is -0.139. The van der Waals surface area contributed by atoms with Crippen LogP contribution in [0, 0.1) is 0 Å². The zero-order valence-corrected chi connectivity index (χ0v) is 21.6. The molecule has 0 aromatic heterocycles. The van der Waals surface area contributed by atoms with Crippen molar-refractivity contribution >= 4 is 29.5 Å². The number of alkyl carbamates (subject to hydrolysis) is 1. The molecule has 4 amide bonds. The first-order valence-electron chi connectivity index (χ1n) is 11.6. The number of aromatic hydroxyl groups is 1. The van der Waals surface area contributed by atoms with Gasteiger partial charge in [0.05, 0.1) is 7.11 Å². The van der Waals surface area contributed by atoms with E-state index in [2.05, 4.69) is 10.6 Å². The number of primary amides is 1. The van der Waals surface area contributed by atoms with Gasteiger partial charge in [0.2, 0.25) is 11.8 Å². The van der Waals surface area contributed by atoms with Gasteiger partial charge in [-0.2, -0.15) is 0 Å². The Kier molecular flexibility index (Phi) is 9.87. The lowest BCUT2D eigenvalue weighted by atomic mass is 10.0. The summed E-state index contributed by atoms with van der Waals surface area (Å²) >= 11 is 0. The number of amides is 4. The van der Waals surface area contributed by atoms with Gasteiger partial charge in [-0.05, 0) is 69.2 Å². The number of hydrogen-bond donors (Lipinski definition) is 4. The van der Waals surface area contributed by atoms with Crippen LogP contribution in [-0.4, -0.2) is 59.6 Å². The van der Waals surface area contributed by atoms with Crippen LogP contribution in [0.4, 0.5) is 10.5 Å². The van der Waals surface area contributed by atoms with E-state index in [1.807, 2.05) is 0 Å². The molecular formula is C26H34N4O7. The van der Waals surface area contributed by atoms with E-state index >= 15 is 0 Å². The van der Waals surface area contributed by atoms with Crippen molar-refractivity contribution < 1.29 is 33.8 Å². The van der Waals surface area contributed by atoms with E-state index in [-0.39, 0.29) is 18.6 Å². The number of carbonyl (C=O) groups is 4. The minimum absolute atomic E-state index is 0.0158. The average Bonchev–Trinajstić information content (AvgIpc) is 2.81. The third kappa shape index (κ3) is 9.02. The van der Waals surface area contributed by atoms with Gasteiger partial charge in [-0.15, -0.1) is 0 Å². The highest BCUT2D eigenvalue weighted by Gasteiger charge is 2.34. The third-order valence-corrected chi connectivity index (χ3v) is 5.22. The number of anilines is 1. The summed E-state index contributed by atoms with van der Waals surface area (Å²) in [7, 11) is 2.93. The standard InChI is InChI=1S/C26H34N4O7/c1-26(2,3)37-25(35)29-20(14-15-21(27)32)24(34)30(4)22(16-6-10-18(31)11-7-16)23(33)28-17-8-12-19(36-5)13-9-17/h6-13,20,22,31H,14-15H2,1-5H3,(H2,27,32)(H,28,33)(H,29,35). The molecule has 0 heterocycles. The molecule has 0 bridgehead atoms. The number of nitrogens with one attached hydrogen (secondary N) is 2. The van der Waals surface area contributed by atoms with Crippen molar-refractivity contribution in [2.45, 2.75) is 51.3 Å². The first kappa shape index (κ1) is 29.0. The average molecular weight is 515 g/mol. The molecule has 2 unspecified atom stereocenters. The van der Waals surface area contributed by atoms with E-state index in [0.717, 1.165) is 4.90 Å². The SMILES string of the molecule is COc1ccc(NC(=O)C(c2ccc(O)cc2)N(C)C(=O)C(CCC(N)=O)NC(=O)OC(C)(C)C)cc1. The fourth-order valence-corrected chi connectivity index (χ4v) is 3.46. The Labute approximate surface area is 215 Å². The summed E-state index contributed by atoms with van der Waals surface area (Å²) in [6, 6.07) is 10.1. The molecule has 11 nitrogen and oxygen atoms in total. The highest BCUT2D eigenvalue weighted by atomic mass is 16.6. The van der Waals surface area contributed by atoms with Gasteiger partial charge in [-0.3, -0.25) is 14.4 Å². The van der Waals surface area contributed by atoms with E-state index < -0.39 is 41.5 Å². The van der Waals surface area contributed by atoms with Crippen LogP contribution in [0.2, 0.25) is 0 Å². The van der Waals surface area contributed by atoms with E-state index in [4.69, 9.17) is 15.2 Å². The molecule has 0 aliphatic carbocycles. The maximum absolute atomic E-state index is 13.5. The molecule has 0 aliphatic heterocycles. The molecule has 0 saturated heterocycles. The van der Waals surface area contributed by atoms with Crippen molar-refractivity contribution in [3.05, 3.63) is 54.1 Å². The predicted octanol–water partition coefficient (Wildman–Crippen LogP) is 2.70. The van der Waals surface area contributed by atoms with Crippen LogP contribution in [0.15, 0.2) is 48.5 Å². The molecule has 37 heavy (non-hydrogen) atoms. The number of methoxy groups -OCH3 is 1. The molecule has 2 rings (SSSR count). The van der Waals surface area contributed by atoms with Crippen molar-refractivity contribution in [3.63, 3.8) is 0 Å². The monoisotopic (exact) mass is 514 g/mol. The van der Waals surface area contributed by atoms with E-state index in [9.17, 15) is 24.3 Å². The van der Waals surface area contributed by atoms with Gasteiger partial charge in [-0.1, -0.05) is 12.1 Å². The highest BCUT2D eigenvalue weighted by molar-refractivity contribution is 5.99. The summed E-state index contributed by atoms with van der Waals surface area (Å²) in [5, 5.41) is 15.0. The minimum atomic E-state index is -1.19. The Morgan fingerprint density at radius 1 is 1.03 bits per heavy atom. The fourth-order valence-electron chi connectivity index (χ4n) is 3.46. The van der Waals surface area contributed by atoms with E-state index in [1.165, 1.54) is 38.4 Å². The second-order valence-corrected chi connectivity index (χ2v) is 9.36. The zero-order chi connectivity index (χ0) is 27.8. The van der Waals surface area contributed by atoms with Crippen molar-refractivity contribution in [1.29, 1.82) is 0 Å². The second-order valence-electron chi connectivity index (χ2n) is 9.36. The summed E-state index contributed by atoms with van der Waals surface area (Å²) in [5.74, 6) is -1.25. The maximum Gasteiger partial charge on any atom is 0.408 e. The highest BCUT2D eigenvalue weighted by Crippen LogP contribution is 2.26.